The third kappa shape index (κ3) is 4.08. The second-order valence-electron chi connectivity index (χ2n) is 8.49. The van der Waals surface area contributed by atoms with Gasteiger partial charge in [0, 0.05) is 21.9 Å². The molecule has 1 fully saturated rings. The Labute approximate surface area is 173 Å². The fourth-order valence-corrected chi connectivity index (χ4v) is 5.45. The summed E-state index contributed by atoms with van der Waals surface area (Å²) >= 11 is 1.37. The highest BCUT2D eigenvalue weighted by Crippen LogP contribution is 2.50. The number of benzene rings is 2. The van der Waals surface area contributed by atoms with E-state index in [0.717, 1.165) is 36.3 Å². The average Bonchev–Trinajstić information content (AvgIpc) is 2.65. The van der Waals surface area contributed by atoms with Crippen LogP contribution in [0.4, 0.5) is 30.2 Å². The molecular weight excluding hydrogens is 395 g/mol. The molecule has 1 aliphatic carbocycles. The van der Waals surface area contributed by atoms with Crippen LogP contribution in [0.15, 0.2) is 46.2 Å². The van der Waals surface area contributed by atoms with E-state index in [1.165, 1.54) is 23.9 Å². The normalized spacial score (nSPS) is 24.8. The van der Waals surface area contributed by atoms with Gasteiger partial charge in [-0.1, -0.05) is 37.2 Å². The Hall–Kier alpha value is -1.86. The Morgan fingerprint density at radius 2 is 2.00 bits per heavy atom. The van der Waals surface area contributed by atoms with Gasteiger partial charge in [0.2, 0.25) is 0 Å². The lowest BCUT2D eigenvalue weighted by atomic mass is 9.69. The van der Waals surface area contributed by atoms with Crippen molar-refractivity contribution in [1.82, 2.24) is 0 Å². The first-order chi connectivity index (χ1) is 13.7. The third-order valence-electron chi connectivity index (χ3n) is 6.26. The van der Waals surface area contributed by atoms with E-state index in [9.17, 15) is 13.2 Å². The Morgan fingerprint density at radius 3 is 2.72 bits per heavy atom. The molecular formula is C22H26F3N3S. The van der Waals surface area contributed by atoms with Crippen molar-refractivity contribution in [3.05, 3.63) is 42.0 Å². The highest BCUT2D eigenvalue weighted by molar-refractivity contribution is 7.99. The van der Waals surface area contributed by atoms with E-state index in [2.05, 4.69) is 24.5 Å². The van der Waals surface area contributed by atoms with Crippen molar-refractivity contribution in [1.29, 1.82) is 0 Å². The van der Waals surface area contributed by atoms with Crippen LogP contribution in [0.25, 0.3) is 0 Å². The van der Waals surface area contributed by atoms with E-state index in [-0.39, 0.29) is 17.5 Å². The molecule has 4 N–H and O–H groups in total. The van der Waals surface area contributed by atoms with Crippen molar-refractivity contribution < 1.29 is 13.2 Å². The van der Waals surface area contributed by atoms with Crippen LogP contribution in [0.3, 0.4) is 0 Å². The highest BCUT2D eigenvalue weighted by atomic mass is 32.2. The van der Waals surface area contributed by atoms with E-state index in [0.29, 0.717) is 16.3 Å². The standard InChI is InChI=1S/C22H26F3N3S/c1-13(21(2)9-5-6-15(26)12-21)27-17-10-14(22(23,24)25)11-19-20(17)28-16-7-3-4-8-18(16)29-19/h3-4,7-8,10-11,13,15,27-28H,5-6,9,12,26H2,1-2H3. The molecule has 0 spiro atoms. The Morgan fingerprint density at radius 1 is 1.24 bits per heavy atom. The van der Waals surface area contributed by atoms with Gasteiger partial charge in [0.25, 0.3) is 0 Å². The molecule has 2 aromatic rings. The van der Waals surface area contributed by atoms with Gasteiger partial charge in [-0.15, -0.1) is 0 Å². The number of halogens is 3. The summed E-state index contributed by atoms with van der Waals surface area (Å²) in [5.74, 6) is 0. The minimum Gasteiger partial charge on any atom is -0.380 e. The Bertz CT molecular complexity index is 915. The van der Waals surface area contributed by atoms with Gasteiger partial charge in [0.15, 0.2) is 0 Å². The van der Waals surface area contributed by atoms with Crippen LogP contribution in [-0.4, -0.2) is 12.1 Å². The molecule has 4 rings (SSSR count). The minimum absolute atomic E-state index is 0.00889. The molecule has 0 saturated heterocycles. The summed E-state index contributed by atoms with van der Waals surface area (Å²) in [6.45, 7) is 4.23. The van der Waals surface area contributed by atoms with E-state index < -0.39 is 11.7 Å². The van der Waals surface area contributed by atoms with Crippen LogP contribution in [0, 0.1) is 5.41 Å². The number of rotatable bonds is 3. The number of nitrogens with two attached hydrogens (primary N) is 1. The minimum atomic E-state index is -4.40. The molecule has 1 saturated carbocycles. The van der Waals surface area contributed by atoms with Crippen molar-refractivity contribution >= 4 is 28.8 Å². The molecule has 2 aliphatic rings. The summed E-state index contributed by atoms with van der Waals surface area (Å²) in [6, 6.07) is 10.3. The fourth-order valence-electron chi connectivity index (χ4n) is 4.39. The Kier molecular flexibility index (Phi) is 5.23. The van der Waals surface area contributed by atoms with Gasteiger partial charge in [0.05, 0.1) is 22.6 Å². The zero-order chi connectivity index (χ0) is 20.8. The van der Waals surface area contributed by atoms with Gasteiger partial charge in [-0.25, -0.2) is 0 Å². The lowest BCUT2D eigenvalue weighted by molar-refractivity contribution is -0.137. The van der Waals surface area contributed by atoms with Gasteiger partial charge in [-0.05, 0) is 55.9 Å². The number of anilines is 3. The van der Waals surface area contributed by atoms with Gasteiger partial charge in [-0.2, -0.15) is 13.2 Å². The van der Waals surface area contributed by atoms with Gasteiger partial charge < -0.3 is 16.4 Å². The number of nitrogens with one attached hydrogen (secondary N) is 2. The summed E-state index contributed by atoms with van der Waals surface area (Å²) in [5.41, 5.74) is 7.61. The average molecular weight is 422 g/mol. The third-order valence-corrected chi connectivity index (χ3v) is 7.38. The summed E-state index contributed by atoms with van der Waals surface area (Å²) in [5, 5.41) is 6.75. The van der Waals surface area contributed by atoms with Crippen LogP contribution in [0.5, 0.6) is 0 Å². The van der Waals surface area contributed by atoms with E-state index in [1.54, 1.807) is 0 Å². The Balaban J connectivity index is 1.71. The first-order valence-corrected chi connectivity index (χ1v) is 10.8. The smallest absolute Gasteiger partial charge is 0.380 e. The zero-order valence-corrected chi connectivity index (χ0v) is 17.4. The number of para-hydroxylation sites is 1. The number of alkyl halides is 3. The van der Waals surface area contributed by atoms with E-state index in [1.807, 2.05) is 24.3 Å². The van der Waals surface area contributed by atoms with Gasteiger partial charge in [-0.3, -0.25) is 0 Å². The lowest BCUT2D eigenvalue weighted by Gasteiger charge is -2.42. The molecule has 2 aromatic carbocycles. The first-order valence-electron chi connectivity index (χ1n) is 9.97. The summed E-state index contributed by atoms with van der Waals surface area (Å²) in [6.07, 6.45) is -0.459. The number of hydrogen-bond acceptors (Lipinski definition) is 4. The van der Waals surface area contributed by atoms with Crippen molar-refractivity contribution in [2.45, 2.75) is 67.6 Å². The second-order valence-corrected chi connectivity index (χ2v) is 9.58. The molecule has 0 amide bonds. The predicted molar refractivity (Wildman–Crippen MR) is 113 cm³/mol. The molecule has 29 heavy (non-hydrogen) atoms. The molecule has 156 valence electrons. The quantitative estimate of drug-likeness (QED) is 0.445. The van der Waals surface area contributed by atoms with Crippen molar-refractivity contribution in [2.24, 2.45) is 11.1 Å². The van der Waals surface area contributed by atoms with Crippen molar-refractivity contribution in [2.75, 3.05) is 10.6 Å². The lowest BCUT2D eigenvalue weighted by Crippen LogP contribution is -2.44. The number of hydrogen-bond donors (Lipinski definition) is 3. The van der Waals surface area contributed by atoms with Crippen molar-refractivity contribution in [3.63, 3.8) is 0 Å². The molecule has 1 aliphatic heterocycles. The SMILES string of the molecule is CC(Nc1cc(C(F)(F)F)cc2c1Nc1ccccc1S2)C1(C)CCCC(N)C1. The van der Waals surface area contributed by atoms with Crippen LogP contribution in [0.1, 0.15) is 45.1 Å². The van der Waals surface area contributed by atoms with E-state index in [4.69, 9.17) is 5.73 Å². The number of fused-ring (bicyclic) bond motifs is 2. The molecule has 0 radical (unpaired) electrons. The molecule has 7 heteroatoms. The van der Waals surface area contributed by atoms with Crippen molar-refractivity contribution in [3.8, 4) is 0 Å². The maximum atomic E-state index is 13.6. The molecule has 0 aromatic heterocycles. The second kappa shape index (κ2) is 7.43. The summed E-state index contributed by atoms with van der Waals surface area (Å²) in [4.78, 5) is 1.50. The van der Waals surface area contributed by atoms with Crippen LogP contribution >= 0.6 is 11.8 Å². The summed E-state index contributed by atoms with van der Waals surface area (Å²) in [7, 11) is 0. The molecule has 0 bridgehead atoms. The molecule has 3 atom stereocenters. The van der Waals surface area contributed by atoms with Crippen LogP contribution < -0.4 is 16.4 Å². The first kappa shape index (κ1) is 20.4. The van der Waals surface area contributed by atoms with Gasteiger partial charge in [0.1, 0.15) is 0 Å². The predicted octanol–water partition coefficient (Wildman–Crippen LogP) is 6.62. The fraction of sp³-hybridized carbons (Fsp3) is 0.455. The summed E-state index contributed by atoms with van der Waals surface area (Å²) < 4.78 is 40.7. The monoisotopic (exact) mass is 421 g/mol. The van der Waals surface area contributed by atoms with Crippen LogP contribution in [-0.2, 0) is 6.18 Å². The highest BCUT2D eigenvalue weighted by Gasteiger charge is 2.37. The molecule has 3 nitrogen and oxygen atoms in total. The maximum Gasteiger partial charge on any atom is 0.416 e. The van der Waals surface area contributed by atoms with E-state index >= 15 is 0 Å². The maximum absolute atomic E-state index is 13.6. The largest absolute Gasteiger partial charge is 0.416 e. The van der Waals surface area contributed by atoms with Crippen LogP contribution in [0.2, 0.25) is 0 Å². The topological polar surface area (TPSA) is 50.1 Å². The zero-order valence-electron chi connectivity index (χ0n) is 16.6. The molecule has 3 unspecified atom stereocenters. The van der Waals surface area contributed by atoms with Gasteiger partial charge >= 0.3 is 6.18 Å². The molecule has 1 heterocycles.